The van der Waals surface area contributed by atoms with Crippen LogP contribution in [0.3, 0.4) is 0 Å². The Hall–Kier alpha value is -1.13. The van der Waals surface area contributed by atoms with E-state index < -0.39 is 0 Å². The minimum absolute atomic E-state index is 0.118. The number of furan rings is 1. The third-order valence-electron chi connectivity index (χ3n) is 3.61. The summed E-state index contributed by atoms with van der Waals surface area (Å²) in [7, 11) is 0. The van der Waals surface area contributed by atoms with Crippen LogP contribution in [-0.2, 0) is 11.8 Å². The summed E-state index contributed by atoms with van der Waals surface area (Å²) >= 11 is 1.76. The predicted molar refractivity (Wildman–Crippen MR) is 89.0 cm³/mol. The molecule has 0 aliphatic heterocycles. The Kier molecular flexibility index (Phi) is 5.22. The number of thiazole rings is 1. The fourth-order valence-corrected chi connectivity index (χ4v) is 3.36. The van der Waals surface area contributed by atoms with Gasteiger partial charge in [-0.15, -0.1) is 11.3 Å². The summed E-state index contributed by atoms with van der Waals surface area (Å²) in [6.07, 6.45) is 3.81. The smallest absolute Gasteiger partial charge is 0.105 e. The fourth-order valence-electron chi connectivity index (χ4n) is 2.29. The first-order chi connectivity index (χ1) is 9.91. The van der Waals surface area contributed by atoms with Crippen LogP contribution in [0, 0.1) is 6.92 Å². The van der Waals surface area contributed by atoms with Crippen LogP contribution in [0.4, 0.5) is 0 Å². The highest BCUT2D eigenvalue weighted by molar-refractivity contribution is 7.09. The lowest BCUT2D eigenvalue weighted by Gasteiger charge is -2.17. The van der Waals surface area contributed by atoms with Gasteiger partial charge in [0.15, 0.2) is 0 Å². The maximum Gasteiger partial charge on any atom is 0.105 e. The van der Waals surface area contributed by atoms with Crippen molar-refractivity contribution in [2.45, 2.75) is 58.9 Å². The van der Waals surface area contributed by atoms with Crippen molar-refractivity contribution in [1.29, 1.82) is 0 Å². The van der Waals surface area contributed by atoms with Crippen LogP contribution in [0.15, 0.2) is 22.1 Å². The molecule has 2 aromatic rings. The van der Waals surface area contributed by atoms with E-state index in [2.05, 4.69) is 44.5 Å². The Bertz CT molecular complexity index is 565. The fraction of sp³-hybridized carbons (Fsp3) is 0.588. The van der Waals surface area contributed by atoms with E-state index in [0.29, 0.717) is 0 Å². The Morgan fingerprint density at radius 1 is 1.38 bits per heavy atom. The molecular formula is C17H26N2OS. The molecule has 0 amide bonds. The molecule has 2 aromatic heterocycles. The van der Waals surface area contributed by atoms with Gasteiger partial charge < -0.3 is 9.73 Å². The molecule has 0 spiro atoms. The van der Waals surface area contributed by atoms with Gasteiger partial charge in [-0.25, -0.2) is 4.98 Å². The summed E-state index contributed by atoms with van der Waals surface area (Å²) in [5, 5.41) is 6.99. The third kappa shape index (κ3) is 4.17. The van der Waals surface area contributed by atoms with Crippen molar-refractivity contribution in [3.63, 3.8) is 0 Å². The lowest BCUT2D eigenvalue weighted by atomic mass is 9.93. The Morgan fingerprint density at radius 3 is 2.67 bits per heavy atom. The quantitative estimate of drug-likeness (QED) is 0.846. The molecule has 0 saturated heterocycles. The van der Waals surface area contributed by atoms with Gasteiger partial charge in [0.1, 0.15) is 5.76 Å². The molecule has 2 heterocycles. The molecule has 2 rings (SSSR count). The number of aryl methyl sites for hydroxylation is 1. The number of aromatic nitrogens is 1. The van der Waals surface area contributed by atoms with Crippen LogP contribution in [0.2, 0.25) is 0 Å². The van der Waals surface area contributed by atoms with Crippen molar-refractivity contribution in [3.05, 3.63) is 39.7 Å². The second-order valence-electron chi connectivity index (χ2n) is 6.52. The normalized spacial score (nSPS) is 13.6. The second kappa shape index (κ2) is 6.75. The topological polar surface area (TPSA) is 38.1 Å². The van der Waals surface area contributed by atoms with Crippen LogP contribution in [0.1, 0.15) is 62.2 Å². The molecular weight excluding hydrogens is 280 g/mol. The summed E-state index contributed by atoms with van der Waals surface area (Å²) in [5.41, 5.74) is 2.55. The maximum atomic E-state index is 5.47. The van der Waals surface area contributed by atoms with Gasteiger partial charge in [-0.1, -0.05) is 27.7 Å². The minimum atomic E-state index is 0.118. The van der Waals surface area contributed by atoms with Gasteiger partial charge in [0.2, 0.25) is 0 Å². The number of nitrogens with zero attached hydrogens (tertiary/aromatic N) is 1. The first kappa shape index (κ1) is 16.2. The van der Waals surface area contributed by atoms with Gasteiger partial charge >= 0.3 is 0 Å². The highest BCUT2D eigenvalue weighted by Gasteiger charge is 2.21. The van der Waals surface area contributed by atoms with Crippen molar-refractivity contribution < 1.29 is 4.42 Å². The Balaban J connectivity index is 2.15. The molecule has 116 valence electrons. The van der Waals surface area contributed by atoms with Gasteiger partial charge in [0.25, 0.3) is 0 Å². The van der Waals surface area contributed by atoms with E-state index >= 15 is 0 Å². The zero-order valence-corrected chi connectivity index (χ0v) is 14.5. The van der Waals surface area contributed by atoms with Crippen LogP contribution >= 0.6 is 11.3 Å². The zero-order valence-electron chi connectivity index (χ0n) is 13.7. The van der Waals surface area contributed by atoms with Crippen molar-refractivity contribution >= 4 is 11.3 Å². The molecule has 1 atom stereocenters. The number of nitrogens with one attached hydrogen (secondary N) is 1. The van der Waals surface area contributed by atoms with Gasteiger partial charge in [-0.05, 0) is 26.0 Å². The maximum absolute atomic E-state index is 5.47. The van der Waals surface area contributed by atoms with E-state index in [1.54, 1.807) is 17.6 Å². The van der Waals surface area contributed by atoms with Gasteiger partial charge in [0.05, 0.1) is 17.0 Å². The van der Waals surface area contributed by atoms with E-state index in [0.717, 1.165) is 25.1 Å². The van der Waals surface area contributed by atoms with E-state index in [9.17, 15) is 0 Å². The molecule has 3 nitrogen and oxygen atoms in total. The Labute approximate surface area is 131 Å². The van der Waals surface area contributed by atoms with Crippen LogP contribution in [0.25, 0.3) is 0 Å². The molecule has 0 saturated carbocycles. The number of hydrogen-bond donors (Lipinski definition) is 1. The summed E-state index contributed by atoms with van der Waals surface area (Å²) in [4.78, 5) is 4.82. The molecule has 0 radical (unpaired) electrons. The molecule has 0 aliphatic rings. The van der Waals surface area contributed by atoms with Gasteiger partial charge in [0, 0.05) is 28.8 Å². The monoisotopic (exact) mass is 306 g/mol. The summed E-state index contributed by atoms with van der Waals surface area (Å²) in [6, 6.07) is 2.35. The van der Waals surface area contributed by atoms with Crippen molar-refractivity contribution in [3.8, 4) is 0 Å². The lowest BCUT2D eigenvalue weighted by molar-refractivity contribution is 0.492. The van der Waals surface area contributed by atoms with Crippen LogP contribution < -0.4 is 5.32 Å². The largest absolute Gasteiger partial charge is 0.469 e. The molecule has 1 unspecified atom stereocenters. The Morgan fingerprint density at radius 2 is 2.14 bits per heavy atom. The third-order valence-corrected chi connectivity index (χ3v) is 4.49. The molecule has 0 aliphatic carbocycles. The van der Waals surface area contributed by atoms with E-state index in [1.165, 1.54) is 16.3 Å². The highest BCUT2D eigenvalue weighted by Crippen LogP contribution is 2.28. The van der Waals surface area contributed by atoms with Gasteiger partial charge in [-0.2, -0.15) is 0 Å². The van der Waals surface area contributed by atoms with E-state index in [-0.39, 0.29) is 11.5 Å². The van der Waals surface area contributed by atoms with Crippen molar-refractivity contribution in [2.75, 3.05) is 6.54 Å². The minimum Gasteiger partial charge on any atom is -0.469 e. The molecule has 0 bridgehead atoms. The molecule has 21 heavy (non-hydrogen) atoms. The number of rotatable bonds is 6. The lowest BCUT2D eigenvalue weighted by Crippen LogP contribution is -2.24. The van der Waals surface area contributed by atoms with Crippen molar-refractivity contribution in [2.24, 2.45) is 0 Å². The standard InChI is InChI=1S/C17H26N2OS/c1-6-8-18-14(13-7-9-20-12(13)2)10-16-19-15(11-21-16)17(3,4)5/h7,9,11,14,18H,6,8,10H2,1-5H3. The second-order valence-corrected chi connectivity index (χ2v) is 7.46. The SMILES string of the molecule is CCCNC(Cc1nc(C(C)(C)C)cs1)c1ccoc1C. The molecule has 4 heteroatoms. The highest BCUT2D eigenvalue weighted by atomic mass is 32.1. The summed E-state index contributed by atoms with van der Waals surface area (Å²) in [5.74, 6) is 0.996. The molecule has 1 N–H and O–H groups in total. The first-order valence-electron chi connectivity index (χ1n) is 7.64. The van der Waals surface area contributed by atoms with E-state index in [4.69, 9.17) is 9.40 Å². The van der Waals surface area contributed by atoms with Crippen molar-refractivity contribution in [1.82, 2.24) is 10.3 Å². The van der Waals surface area contributed by atoms with E-state index in [1.807, 2.05) is 6.92 Å². The average Bonchev–Trinajstić information content (AvgIpc) is 3.02. The zero-order chi connectivity index (χ0) is 15.5. The predicted octanol–water partition coefficient (Wildman–Crippen LogP) is 4.63. The summed E-state index contributed by atoms with van der Waals surface area (Å²) < 4.78 is 5.47. The van der Waals surface area contributed by atoms with Crippen LogP contribution in [0.5, 0.6) is 0 Å². The summed E-state index contributed by atoms with van der Waals surface area (Å²) in [6.45, 7) is 11.8. The number of hydrogen-bond acceptors (Lipinski definition) is 4. The first-order valence-corrected chi connectivity index (χ1v) is 8.52. The average molecular weight is 306 g/mol. The molecule has 0 aromatic carbocycles. The van der Waals surface area contributed by atoms with Gasteiger partial charge in [-0.3, -0.25) is 0 Å². The van der Waals surface area contributed by atoms with Crippen LogP contribution in [-0.4, -0.2) is 11.5 Å². The molecule has 0 fully saturated rings.